The predicted molar refractivity (Wildman–Crippen MR) is 144 cm³/mol. The summed E-state index contributed by atoms with van der Waals surface area (Å²) in [6, 6.07) is -0.212. The van der Waals surface area contributed by atoms with Crippen LogP contribution in [0.3, 0.4) is 0 Å². The summed E-state index contributed by atoms with van der Waals surface area (Å²) in [5.74, 6) is -2.83. The lowest BCUT2D eigenvalue weighted by Gasteiger charge is -2.31. The first-order valence-electron chi connectivity index (χ1n) is 13.8. The van der Waals surface area contributed by atoms with E-state index < -0.39 is 66.5 Å². The number of anilines is 1. The summed E-state index contributed by atoms with van der Waals surface area (Å²) < 4.78 is 82.1. The lowest BCUT2D eigenvalue weighted by Crippen LogP contribution is -2.49. The van der Waals surface area contributed by atoms with E-state index in [0.717, 1.165) is 11.0 Å². The summed E-state index contributed by atoms with van der Waals surface area (Å²) in [5.41, 5.74) is 0.101. The maximum atomic E-state index is 15.2. The number of carbonyl (C=O) groups is 3. The summed E-state index contributed by atoms with van der Waals surface area (Å²) in [6.45, 7) is 4.43. The van der Waals surface area contributed by atoms with Crippen LogP contribution in [0.5, 0.6) is 0 Å². The molecule has 1 aromatic heterocycles. The SMILES string of the molecule is CC(C)n1nccc1C(=O)NC(C(=O)Nc1ccc([C@@H](C)N2C[C@@H](C(F)(F)F)NC2=O)cc1F)C1CCC(=C(F)F)CC1. The van der Waals surface area contributed by atoms with Crippen LogP contribution in [0.1, 0.15) is 74.6 Å². The number of benzene rings is 1. The molecule has 3 atom stereocenters. The van der Waals surface area contributed by atoms with Crippen LogP contribution in [0.4, 0.5) is 36.8 Å². The van der Waals surface area contributed by atoms with Gasteiger partial charge in [-0.1, -0.05) is 6.07 Å². The predicted octanol–water partition coefficient (Wildman–Crippen LogP) is 5.70. The maximum Gasteiger partial charge on any atom is 0.410 e. The number of hydrogen-bond donors (Lipinski definition) is 3. The van der Waals surface area contributed by atoms with E-state index in [1.54, 1.807) is 0 Å². The Kier molecular flexibility index (Phi) is 9.40. The molecule has 1 saturated heterocycles. The fraction of sp³-hybridized carbons (Fsp3) is 0.500. The molecule has 1 aliphatic heterocycles. The first-order valence-corrected chi connectivity index (χ1v) is 13.8. The fourth-order valence-corrected chi connectivity index (χ4v) is 5.39. The number of nitrogens with zero attached hydrogens (tertiary/aromatic N) is 3. The molecule has 1 saturated carbocycles. The molecule has 2 aliphatic rings. The zero-order valence-corrected chi connectivity index (χ0v) is 23.6. The molecule has 43 heavy (non-hydrogen) atoms. The maximum absolute atomic E-state index is 15.2. The average molecular weight is 615 g/mol. The first-order chi connectivity index (χ1) is 20.2. The van der Waals surface area contributed by atoms with Crippen LogP contribution < -0.4 is 16.0 Å². The Balaban J connectivity index is 1.52. The van der Waals surface area contributed by atoms with Gasteiger partial charge in [-0.05, 0) is 81.7 Å². The average Bonchev–Trinajstić information content (AvgIpc) is 3.60. The van der Waals surface area contributed by atoms with Gasteiger partial charge in [0.05, 0.1) is 18.3 Å². The Hall–Kier alpha value is -4.04. The van der Waals surface area contributed by atoms with Crippen molar-refractivity contribution in [2.24, 2.45) is 5.92 Å². The summed E-state index contributed by atoms with van der Waals surface area (Å²) in [5, 5.41) is 11.1. The number of carbonyl (C=O) groups excluding carboxylic acids is 3. The lowest BCUT2D eigenvalue weighted by atomic mass is 9.81. The van der Waals surface area contributed by atoms with Gasteiger partial charge in [-0.3, -0.25) is 14.3 Å². The summed E-state index contributed by atoms with van der Waals surface area (Å²) >= 11 is 0. The van der Waals surface area contributed by atoms with Crippen molar-refractivity contribution in [2.75, 3.05) is 11.9 Å². The van der Waals surface area contributed by atoms with Gasteiger partial charge in [0.1, 0.15) is 23.6 Å². The highest BCUT2D eigenvalue weighted by atomic mass is 19.4. The molecule has 1 aromatic carbocycles. The van der Waals surface area contributed by atoms with Gasteiger partial charge in [0.25, 0.3) is 12.0 Å². The van der Waals surface area contributed by atoms with Crippen molar-refractivity contribution in [1.29, 1.82) is 0 Å². The third-order valence-electron chi connectivity index (χ3n) is 7.87. The van der Waals surface area contributed by atoms with E-state index in [0.29, 0.717) is 0 Å². The minimum Gasteiger partial charge on any atom is -0.339 e. The first kappa shape index (κ1) is 31.9. The Morgan fingerprint density at radius 3 is 2.33 bits per heavy atom. The third kappa shape index (κ3) is 7.13. The molecule has 4 rings (SSSR count). The molecule has 0 spiro atoms. The number of alkyl halides is 3. The van der Waals surface area contributed by atoms with Crippen molar-refractivity contribution in [3.8, 4) is 0 Å². The standard InChI is InChI=1S/C28H32F6N6O3/c1-14(2)40-21(10-11-35-40)25(41)38-23(16-4-6-17(7-5-16)24(30)31)26(42)36-20-9-8-18(12-19(20)29)15(3)39-13-22(28(32,33)34)37-27(39)43/h8-12,14-16,22-23H,4-7,13H2,1-3H3,(H,36,42)(H,37,43)(H,38,41)/t15-,22+,23?/m1/s1. The number of nitrogens with one attached hydrogen (secondary N) is 3. The summed E-state index contributed by atoms with van der Waals surface area (Å²) in [4.78, 5) is 39.7. The molecule has 3 N–H and O–H groups in total. The highest BCUT2D eigenvalue weighted by molar-refractivity contribution is 6.00. The number of allylic oxidation sites excluding steroid dienone is 1. The van der Waals surface area contributed by atoms with Crippen molar-refractivity contribution in [3.05, 3.63) is 59.2 Å². The summed E-state index contributed by atoms with van der Waals surface area (Å²) in [7, 11) is 0. The molecule has 0 radical (unpaired) electrons. The van der Waals surface area contributed by atoms with Crippen molar-refractivity contribution in [2.45, 2.75) is 76.8 Å². The van der Waals surface area contributed by atoms with Crippen molar-refractivity contribution in [1.82, 2.24) is 25.3 Å². The van der Waals surface area contributed by atoms with E-state index in [1.807, 2.05) is 19.2 Å². The van der Waals surface area contributed by atoms with Gasteiger partial charge in [-0.2, -0.15) is 27.1 Å². The zero-order chi connectivity index (χ0) is 31.6. The third-order valence-corrected chi connectivity index (χ3v) is 7.87. The van der Waals surface area contributed by atoms with E-state index in [4.69, 9.17) is 0 Å². The zero-order valence-electron chi connectivity index (χ0n) is 23.6. The van der Waals surface area contributed by atoms with E-state index in [1.165, 1.54) is 36.0 Å². The van der Waals surface area contributed by atoms with Gasteiger partial charge < -0.3 is 20.9 Å². The highest BCUT2D eigenvalue weighted by Crippen LogP contribution is 2.34. The van der Waals surface area contributed by atoms with Crippen LogP contribution in [-0.2, 0) is 4.79 Å². The Bertz CT molecular complexity index is 1390. The van der Waals surface area contributed by atoms with Crippen LogP contribution in [0.2, 0.25) is 0 Å². The minimum absolute atomic E-state index is 0.0105. The molecule has 4 amide bonds. The van der Waals surface area contributed by atoms with E-state index >= 15 is 4.39 Å². The molecule has 15 heteroatoms. The van der Waals surface area contributed by atoms with Gasteiger partial charge in [-0.15, -0.1) is 0 Å². The minimum atomic E-state index is -4.64. The molecule has 2 fully saturated rings. The molecule has 1 unspecified atom stereocenters. The molecule has 2 aromatic rings. The topological polar surface area (TPSA) is 108 Å². The molecule has 1 aliphatic carbocycles. The van der Waals surface area contributed by atoms with Crippen molar-refractivity contribution in [3.63, 3.8) is 0 Å². The van der Waals surface area contributed by atoms with Gasteiger partial charge >= 0.3 is 12.2 Å². The van der Waals surface area contributed by atoms with E-state index in [9.17, 15) is 36.3 Å². The number of halogens is 6. The molecule has 234 valence electrons. The van der Waals surface area contributed by atoms with Crippen LogP contribution in [0.25, 0.3) is 0 Å². The van der Waals surface area contributed by atoms with E-state index in [-0.39, 0.29) is 54.2 Å². The Labute approximate surface area is 243 Å². The Morgan fingerprint density at radius 1 is 1.09 bits per heavy atom. The fourth-order valence-electron chi connectivity index (χ4n) is 5.39. The molecular formula is C28H32F6N6O3. The number of aromatic nitrogens is 2. The van der Waals surface area contributed by atoms with E-state index in [2.05, 4.69) is 15.7 Å². The van der Waals surface area contributed by atoms with Gasteiger partial charge in [0.2, 0.25) is 5.91 Å². The van der Waals surface area contributed by atoms with Crippen LogP contribution in [0, 0.1) is 11.7 Å². The largest absolute Gasteiger partial charge is 0.410 e. The monoisotopic (exact) mass is 614 g/mol. The molecule has 2 heterocycles. The number of urea groups is 1. The second-order valence-corrected chi connectivity index (χ2v) is 11.0. The number of amides is 4. The normalized spacial score (nSPS) is 20.6. The van der Waals surface area contributed by atoms with Gasteiger partial charge in [-0.25, -0.2) is 9.18 Å². The smallest absolute Gasteiger partial charge is 0.339 e. The second kappa shape index (κ2) is 12.7. The molecular weight excluding hydrogens is 582 g/mol. The van der Waals surface area contributed by atoms with Gasteiger partial charge in [0, 0.05) is 12.2 Å². The summed E-state index contributed by atoms with van der Waals surface area (Å²) in [6.07, 6.45) is -4.53. The van der Waals surface area contributed by atoms with Crippen LogP contribution in [-0.4, -0.2) is 57.3 Å². The Morgan fingerprint density at radius 2 is 1.77 bits per heavy atom. The molecule has 9 nitrogen and oxygen atoms in total. The van der Waals surface area contributed by atoms with Crippen molar-refractivity contribution < 1.29 is 40.7 Å². The number of rotatable bonds is 8. The molecule has 0 bridgehead atoms. The lowest BCUT2D eigenvalue weighted by molar-refractivity contribution is -0.150. The van der Waals surface area contributed by atoms with Gasteiger partial charge in [0.15, 0.2) is 0 Å². The van der Waals surface area contributed by atoms with Crippen LogP contribution in [0.15, 0.2) is 42.1 Å². The second-order valence-electron chi connectivity index (χ2n) is 11.0. The van der Waals surface area contributed by atoms with Crippen LogP contribution >= 0.6 is 0 Å². The highest BCUT2D eigenvalue weighted by Gasteiger charge is 2.48. The quantitative estimate of drug-likeness (QED) is 0.332. The van der Waals surface area contributed by atoms with Crippen molar-refractivity contribution >= 4 is 23.5 Å². The number of hydrogen-bond acceptors (Lipinski definition) is 4.